The minimum atomic E-state index is -0.219. The van der Waals surface area contributed by atoms with Crippen LogP contribution in [0.15, 0.2) is 24.7 Å². The molecule has 0 amide bonds. The number of ether oxygens (including phenoxy) is 1. The molecule has 2 saturated heterocycles. The molecule has 7 nitrogen and oxygen atoms in total. The Morgan fingerprint density at radius 3 is 2.66 bits per heavy atom. The number of anilines is 1. The first-order valence-corrected chi connectivity index (χ1v) is 11.9. The average molecular weight is 473 g/mol. The maximum absolute atomic E-state index is 9.68. The number of hydrazine groups is 1. The van der Waals surface area contributed by atoms with E-state index in [1.54, 1.807) is 12.4 Å². The Balaban J connectivity index is 1.31. The van der Waals surface area contributed by atoms with Gasteiger partial charge in [-0.15, -0.1) is 0 Å². The molecule has 2 aromatic heterocycles. The molecular weight excluding hydrogens is 447 g/mol. The summed E-state index contributed by atoms with van der Waals surface area (Å²) in [5.74, 6) is 1.14. The van der Waals surface area contributed by atoms with Crippen LogP contribution in [0.5, 0.6) is 0 Å². The zero-order valence-electron chi connectivity index (χ0n) is 17.9. The SMILES string of the molecule is C[C@@H](OC1CCC2NNC(c3cnc(N4CCC4)c(C#N)c3)C2C1)c1c(Cl)cncc1Cl. The molecule has 4 heterocycles. The molecule has 32 heavy (non-hydrogen) atoms. The van der Waals surface area contributed by atoms with Gasteiger partial charge in [0.2, 0.25) is 0 Å². The van der Waals surface area contributed by atoms with Crippen LogP contribution >= 0.6 is 23.2 Å². The molecular formula is C23H26Cl2N6O. The van der Waals surface area contributed by atoms with Gasteiger partial charge in [-0.2, -0.15) is 5.26 Å². The van der Waals surface area contributed by atoms with E-state index in [-0.39, 0.29) is 18.2 Å². The Labute approximate surface area is 198 Å². The van der Waals surface area contributed by atoms with Crippen LogP contribution in [0.1, 0.15) is 61.4 Å². The van der Waals surface area contributed by atoms with Gasteiger partial charge in [0.1, 0.15) is 11.9 Å². The molecule has 3 aliphatic rings. The lowest BCUT2D eigenvalue weighted by Crippen LogP contribution is -2.38. The third kappa shape index (κ3) is 4.07. The second-order valence-corrected chi connectivity index (χ2v) is 9.67. The molecule has 1 aliphatic carbocycles. The number of fused-ring (bicyclic) bond motifs is 1. The van der Waals surface area contributed by atoms with Gasteiger partial charge in [0.05, 0.1) is 33.9 Å². The highest BCUT2D eigenvalue weighted by Gasteiger charge is 2.42. The van der Waals surface area contributed by atoms with Gasteiger partial charge in [-0.1, -0.05) is 23.2 Å². The summed E-state index contributed by atoms with van der Waals surface area (Å²) in [5, 5.41) is 10.7. The molecule has 5 rings (SSSR count). The van der Waals surface area contributed by atoms with Crippen molar-refractivity contribution in [1.82, 2.24) is 20.8 Å². The maximum atomic E-state index is 9.68. The molecule has 4 unspecified atom stereocenters. The van der Waals surface area contributed by atoms with Crippen molar-refractivity contribution in [2.45, 2.75) is 56.9 Å². The first-order chi connectivity index (χ1) is 15.5. The number of hydrogen-bond acceptors (Lipinski definition) is 7. The van der Waals surface area contributed by atoms with Gasteiger partial charge < -0.3 is 9.64 Å². The molecule has 2 aromatic rings. The lowest BCUT2D eigenvalue weighted by molar-refractivity contribution is -0.0370. The molecule has 5 atom stereocenters. The van der Waals surface area contributed by atoms with Crippen LogP contribution in [0.2, 0.25) is 10.0 Å². The summed E-state index contributed by atoms with van der Waals surface area (Å²) < 4.78 is 6.42. The van der Waals surface area contributed by atoms with E-state index in [0.717, 1.165) is 55.7 Å². The summed E-state index contributed by atoms with van der Waals surface area (Å²) in [6.07, 6.45) is 9.02. The summed E-state index contributed by atoms with van der Waals surface area (Å²) >= 11 is 12.7. The van der Waals surface area contributed by atoms with Crippen LogP contribution in [0, 0.1) is 17.2 Å². The van der Waals surface area contributed by atoms with Gasteiger partial charge in [0, 0.05) is 43.3 Å². The molecule has 168 valence electrons. The first-order valence-electron chi connectivity index (χ1n) is 11.2. The van der Waals surface area contributed by atoms with Crippen molar-refractivity contribution in [1.29, 1.82) is 5.26 Å². The lowest BCUT2D eigenvalue weighted by atomic mass is 9.78. The van der Waals surface area contributed by atoms with Crippen molar-refractivity contribution in [2.75, 3.05) is 18.0 Å². The molecule has 0 spiro atoms. The molecule has 2 aliphatic heterocycles. The number of aromatic nitrogens is 2. The van der Waals surface area contributed by atoms with Gasteiger partial charge in [0.25, 0.3) is 0 Å². The number of rotatable bonds is 5. The Bertz CT molecular complexity index is 1020. The van der Waals surface area contributed by atoms with E-state index in [9.17, 15) is 5.26 Å². The Kier molecular flexibility index (Phi) is 6.24. The van der Waals surface area contributed by atoms with Crippen molar-refractivity contribution in [3.8, 4) is 6.07 Å². The number of nitriles is 1. The van der Waals surface area contributed by atoms with Crippen molar-refractivity contribution >= 4 is 29.0 Å². The number of pyridine rings is 2. The number of nitrogens with zero attached hydrogens (tertiary/aromatic N) is 4. The van der Waals surface area contributed by atoms with Crippen LogP contribution in [0.4, 0.5) is 5.82 Å². The molecule has 3 fully saturated rings. The molecule has 1 saturated carbocycles. The van der Waals surface area contributed by atoms with Gasteiger partial charge in [-0.05, 0) is 50.2 Å². The van der Waals surface area contributed by atoms with E-state index in [0.29, 0.717) is 27.6 Å². The standard InChI is InChI=1S/C23H26Cl2N6O/c1-13(21-18(24)11-27-12-19(21)25)32-16-3-4-20-17(8-16)22(30-29-20)15-7-14(9-26)23(28-10-15)31-5-2-6-31/h7,10-13,16-17,20,22,29-30H,2-6,8H2,1H3/t13-,16?,17?,20?,22?/m1/s1. The van der Waals surface area contributed by atoms with Crippen LogP contribution in [0.3, 0.4) is 0 Å². The second-order valence-electron chi connectivity index (χ2n) is 8.86. The van der Waals surface area contributed by atoms with Gasteiger partial charge in [-0.3, -0.25) is 10.4 Å². The highest BCUT2D eigenvalue weighted by molar-refractivity contribution is 6.35. The van der Waals surface area contributed by atoms with E-state index in [4.69, 9.17) is 27.9 Å². The van der Waals surface area contributed by atoms with Crippen LogP contribution in [-0.4, -0.2) is 35.2 Å². The topological polar surface area (TPSA) is 86.1 Å². The first kappa shape index (κ1) is 21.9. The van der Waals surface area contributed by atoms with Gasteiger partial charge in [-0.25, -0.2) is 10.4 Å². The molecule has 0 aromatic carbocycles. The van der Waals surface area contributed by atoms with Crippen molar-refractivity contribution < 1.29 is 4.74 Å². The van der Waals surface area contributed by atoms with Crippen LogP contribution in [-0.2, 0) is 4.74 Å². The van der Waals surface area contributed by atoms with Crippen molar-refractivity contribution in [2.24, 2.45) is 5.92 Å². The fourth-order valence-electron chi connectivity index (χ4n) is 5.14. The van der Waals surface area contributed by atoms with Crippen molar-refractivity contribution in [3.63, 3.8) is 0 Å². The highest BCUT2D eigenvalue weighted by Crippen LogP contribution is 2.41. The highest BCUT2D eigenvalue weighted by atomic mass is 35.5. The minimum Gasteiger partial charge on any atom is -0.370 e. The third-order valence-electron chi connectivity index (χ3n) is 6.92. The zero-order valence-corrected chi connectivity index (χ0v) is 19.4. The van der Waals surface area contributed by atoms with Crippen LogP contribution < -0.4 is 15.8 Å². The smallest absolute Gasteiger partial charge is 0.146 e. The average Bonchev–Trinajstić information content (AvgIpc) is 3.16. The van der Waals surface area contributed by atoms with E-state index < -0.39 is 0 Å². The van der Waals surface area contributed by atoms with Crippen molar-refractivity contribution in [3.05, 3.63) is 51.4 Å². The summed E-state index contributed by atoms with van der Waals surface area (Å²) in [6, 6.07) is 4.78. The maximum Gasteiger partial charge on any atom is 0.146 e. The Morgan fingerprint density at radius 1 is 1.19 bits per heavy atom. The number of halogens is 2. The Morgan fingerprint density at radius 2 is 1.97 bits per heavy atom. The summed E-state index contributed by atoms with van der Waals surface area (Å²) in [6.45, 7) is 3.93. The monoisotopic (exact) mass is 472 g/mol. The van der Waals surface area contributed by atoms with E-state index >= 15 is 0 Å². The predicted octanol–water partition coefficient (Wildman–Crippen LogP) is 4.33. The normalized spacial score (nSPS) is 28.0. The fourth-order valence-corrected chi connectivity index (χ4v) is 5.82. The number of nitrogens with one attached hydrogen (secondary N) is 2. The summed E-state index contributed by atoms with van der Waals surface area (Å²) in [7, 11) is 0. The minimum absolute atomic E-state index is 0.0832. The molecule has 2 N–H and O–H groups in total. The van der Waals surface area contributed by atoms with Crippen LogP contribution in [0.25, 0.3) is 0 Å². The quantitative estimate of drug-likeness (QED) is 0.669. The lowest BCUT2D eigenvalue weighted by Gasteiger charge is -2.35. The van der Waals surface area contributed by atoms with Gasteiger partial charge >= 0.3 is 0 Å². The number of hydrogen-bond donors (Lipinski definition) is 2. The molecule has 0 radical (unpaired) electrons. The predicted molar refractivity (Wildman–Crippen MR) is 123 cm³/mol. The fraction of sp³-hybridized carbons (Fsp3) is 0.522. The Hall–Kier alpha value is -1.95. The molecule has 9 heteroatoms. The van der Waals surface area contributed by atoms with E-state index in [1.807, 2.05) is 19.2 Å². The second kappa shape index (κ2) is 9.12. The molecule has 0 bridgehead atoms. The largest absolute Gasteiger partial charge is 0.370 e. The van der Waals surface area contributed by atoms with E-state index in [2.05, 4.69) is 31.8 Å². The zero-order chi connectivity index (χ0) is 22.2. The third-order valence-corrected chi connectivity index (χ3v) is 7.52. The van der Waals surface area contributed by atoms with E-state index in [1.165, 1.54) is 0 Å². The summed E-state index contributed by atoms with van der Waals surface area (Å²) in [4.78, 5) is 10.8. The summed E-state index contributed by atoms with van der Waals surface area (Å²) in [5.41, 5.74) is 9.37. The van der Waals surface area contributed by atoms with Gasteiger partial charge in [0.15, 0.2) is 0 Å².